The highest BCUT2D eigenvalue weighted by atomic mass is 32.1. The predicted octanol–water partition coefficient (Wildman–Crippen LogP) is 2.49. The number of nitriles is 1. The number of esters is 1. The second-order valence-corrected chi connectivity index (χ2v) is 4.82. The molecule has 0 aliphatic carbocycles. The normalized spacial score (nSPS) is 18.4. The maximum absolute atomic E-state index is 12.1. The van der Waals surface area contributed by atoms with Crippen LogP contribution in [-0.4, -0.2) is 13.1 Å². The van der Waals surface area contributed by atoms with Crippen LogP contribution in [0.1, 0.15) is 18.4 Å². The first-order chi connectivity index (χ1) is 9.60. The lowest BCUT2D eigenvalue weighted by Crippen LogP contribution is -2.27. The summed E-state index contributed by atoms with van der Waals surface area (Å²) in [5.41, 5.74) is 2.35. The van der Waals surface area contributed by atoms with Crippen molar-refractivity contribution in [2.24, 2.45) is 0 Å². The van der Waals surface area contributed by atoms with Gasteiger partial charge in [0.05, 0.1) is 35.3 Å². The Morgan fingerprint density at radius 2 is 2.05 bits per heavy atom. The number of carbonyl (C=O) groups is 1. The van der Waals surface area contributed by atoms with Gasteiger partial charge in [-0.15, -0.1) is 12.6 Å². The molecule has 2 rings (SSSR count). The minimum atomic E-state index is -0.456. The van der Waals surface area contributed by atoms with Gasteiger partial charge in [0, 0.05) is 5.70 Å². The summed E-state index contributed by atoms with van der Waals surface area (Å²) in [4.78, 5) is 12.1. The third kappa shape index (κ3) is 2.43. The van der Waals surface area contributed by atoms with Gasteiger partial charge in [-0.25, -0.2) is 4.79 Å². The molecule has 0 aromatic heterocycles. The fourth-order valence-electron chi connectivity index (χ4n) is 2.29. The molecule has 1 aliphatic rings. The number of rotatable bonds is 2. The molecule has 1 N–H and O–H groups in total. The number of hydrogen-bond acceptors (Lipinski definition) is 5. The van der Waals surface area contributed by atoms with E-state index in [9.17, 15) is 10.1 Å². The van der Waals surface area contributed by atoms with Crippen LogP contribution in [0.25, 0.3) is 0 Å². The number of nitrogens with one attached hydrogen (secondary N) is 1. The van der Waals surface area contributed by atoms with E-state index in [1.807, 2.05) is 30.3 Å². The SMILES string of the molecule is COC(=O)C1=C(C)NC(S)=C(C#N)C1c1ccccc1. The highest BCUT2D eigenvalue weighted by Gasteiger charge is 2.34. The smallest absolute Gasteiger partial charge is 0.336 e. The van der Waals surface area contributed by atoms with E-state index >= 15 is 0 Å². The molecule has 5 heteroatoms. The second-order valence-electron chi connectivity index (χ2n) is 4.37. The van der Waals surface area contributed by atoms with Gasteiger partial charge in [-0.1, -0.05) is 30.3 Å². The molecule has 0 bridgehead atoms. The highest BCUT2D eigenvalue weighted by Crippen LogP contribution is 2.38. The number of allylic oxidation sites excluding steroid dienone is 2. The van der Waals surface area contributed by atoms with Gasteiger partial charge in [0.1, 0.15) is 0 Å². The van der Waals surface area contributed by atoms with Crippen LogP contribution < -0.4 is 5.32 Å². The van der Waals surface area contributed by atoms with Crippen molar-refractivity contribution < 1.29 is 9.53 Å². The van der Waals surface area contributed by atoms with Gasteiger partial charge in [-0.2, -0.15) is 5.26 Å². The maximum Gasteiger partial charge on any atom is 0.336 e. The molecule has 0 fully saturated rings. The summed E-state index contributed by atoms with van der Waals surface area (Å²) in [6.45, 7) is 1.77. The van der Waals surface area contributed by atoms with Crippen LogP contribution in [0.2, 0.25) is 0 Å². The standard InChI is InChI=1S/C15H14N2O2S/c1-9-12(15(18)19-2)13(10-6-4-3-5-7-10)11(8-16)14(20)17-9/h3-7,13,17,20H,1-2H3. The van der Waals surface area contributed by atoms with Gasteiger partial charge < -0.3 is 10.1 Å². The van der Waals surface area contributed by atoms with Crippen LogP contribution in [0.5, 0.6) is 0 Å². The number of dihydropyridines is 1. The number of nitrogens with zero attached hydrogens (tertiary/aromatic N) is 1. The first kappa shape index (κ1) is 14.2. The zero-order valence-corrected chi connectivity index (χ0v) is 12.1. The van der Waals surface area contributed by atoms with E-state index in [4.69, 9.17) is 4.74 Å². The molecule has 1 heterocycles. The number of ether oxygens (including phenoxy) is 1. The lowest BCUT2D eigenvalue weighted by molar-refractivity contribution is -0.136. The molecule has 1 aromatic carbocycles. The van der Waals surface area contributed by atoms with Crippen LogP contribution in [0.15, 0.2) is 52.2 Å². The van der Waals surface area contributed by atoms with Gasteiger partial charge in [-0.3, -0.25) is 0 Å². The molecule has 0 saturated carbocycles. The molecule has 1 aliphatic heterocycles. The third-order valence-corrected chi connectivity index (χ3v) is 3.55. The van der Waals surface area contributed by atoms with Crippen LogP contribution >= 0.6 is 12.6 Å². The first-order valence-corrected chi connectivity index (χ1v) is 6.49. The van der Waals surface area contributed by atoms with E-state index in [0.29, 0.717) is 21.9 Å². The van der Waals surface area contributed by atoms with Crippen molar-refractivity contribution in [3.8, 4) is 6.07 Å². The van der Waals surface area contributed by atoms with Crippen LogP contribution in [0, 0.1) is 11.3 Å². The number of methoxy groups -OCH3 is 1. The van der Waals surface area contributed by atoms with Crippen LogP contribution in [0.4, 0.5) is 0 Å². The Morgan fingerprint density at radius 1 is 1.40 bits per heavy atom. The molecule has 4 nitrogen and oxygen atoms in total. The largest absolute Gasteiger partial charge is 0.466 e. The summed E-state index contributed by atoms with van der Waals surface area (Å²) in [5.74, 6) is -0.903. The highest BCUT2D eigenvalue weighted by molar-refractivity contribution is 7.84. The van der Waals surface area contributed by atoms with Crippen molar-refractivity contribution in [2.75, 3.05) is 7.11 Å². The third-order valence-electron chi connectivity index (χ3n) is 3.20. The predicted molar refractivity (Wildman–Crippen MR) is 78.7 cm³/mol. The Labute approximate surface area is 123 Å². The summed E-state index contributed by atoms with van der Waals surface area (Å²) >= 11 is 4.30. The van der Waals surface area contributed by atoms with E-state index in [0.717, 1.165) is 5.56 Å². The van der Waals surface area contributed by atoms with Gasteiger partial charge in [-0.05, 0) is 12.5 Å². The molecule has 1 unspecified atom stereocenters. The van der Waals surface area contributed by atoms with E-state index < -0.39 is 11.9 Å². The van der Waals surface area contributed by atoms with E-state index in [2.05, 4.69) is 24.0 Å². The summed E-state index contributed by atoms with van der Waals surface area (Å²) in [6.07, 6.45) is 0. The molecule has 20 heavy (non-hydrogen) atoms. The van der Waals surface area contributed by atoms with Crippen molar-refractivity contribution in [2.45, 2.75) is 12.8 Å². The Hall–Kier alpha value is -2.19. The number of carbonyl (C=O) groups excluding carboxylic acids is 1. The van der Waals surface area contributed by atoms with Gasteiger partial charge in [0.25, 0.3) is 0 Å². The zero-order valence-electron chi connectivity index (χ0n) is 11.2. The van der Waals surface area contributed by atoms with E-state index in [1.54, 1.807) is 6.92 Å². The Kier molecular flexibility index (Phi) is 4.16. The van der Waals surface area contributed by atoms with Gasteiger partial charge in [0.15, 0.2) is 0 Å². The molecular weight excluding hydrogens is 272 g/mol. The fraction of sp³-hybridized carbons (Fsp3) is 0.200. The van der Waals surface area contributed by atoms with Crippen LogP contribution in [-0.2, 0) is 9.53 Å². The minimum absolute atomic E-state index is 0.408. The van der Waals surface area contributed by atoms with Crippen molar-refractivity contribution in [1.29, 1.82) is 5.26 Å². The average Bonchev–Trinajstić information content (AvgIpc) is 2.46. The molecule has 0 radical (unpaired) electrons. The van der Waals surface area contributed by atoms with Gasteiger partial charge in [0.2, 0.25) is 0 Å². The second kappa shape index (κ2) is 5.85. The van der Waals surface area contributed by atoms with E-state index in [1.165, 1.54) is 7.11 Å². The lowest BCUT2D eigenvalue weighted by atomic mass is 9.82. The Bertz CT molecular complexity index is 642. The number of thiol groups is 1. The Morgan fingerprint density at radius 3 is 2.60 bits per heavy atom. The Balaban J connectivity index is 2.63. The first-order valence-electron chi connectivity index (χ1n) is 6.04. The van der Waals surface area contributed by atoms with Crippen molar-refractivity contribution in [1.82, 2.24) is 5.32 Å². The summed E-state index contributed by atoms with van der Waals surface area (Å²) in [6, 6.07) is 11.5. The average molecular weight is 286 g/mol. The molecule has 0 saturated heterocycles. The lowest BCUT2D eigenvalue weighted by Gasteiger charge is -2.27. The molecule has 0 spiro atoms. The molecule has 0 amide bonds. The van der Waals surface area contributed by atoms with Crippen molar-refractivity contribution >= 4 is 18.6 Å². The monoisotopic (exact) mass is 286 g/mol. The summed E-state index contributed by atoms with van der Waals surface area (Å²) < 4.78 is 4.85. The molecule has 102 valence electrons. The summed E-state index contributed by atoms with van der Waals surface area (Å²) in [7, 11) is 1.33. The molecule has 1 aromatic rings. The van der Waals surface area contributed by atoms with Crippen LogP contribution in [0.3, 0.4) is 0 Å². The topological polar surface area (TPSA) is 62.1 Å². The van der Waals surface area contributed by atoms with E-state index in [-0.39, 0.29) is 0 Å². The zero-order chi connectivity index (χ0) is 14.7. The summed E-state index contributed by atoms with van der Waals surface area (Å²) in [5, 5.41) is 12.8. The fourth-order valence-corrected chi connectivity index (χ4v) is 2.63. The minimum Gasteiger partial charge on any atom is -0.466 e. The number of hydrogen-bond donors (Lipinski definition) is 2. The number of benzene rings is 1. The van der Waals surface area contributed by atoms with Gasteiger partial charge >= 0.3 is 5.97 Å². The van der Waals surface area contributed by atoms with Crippen molar-refractivity contribution in [3.05, 3.63) is 57.8 Å². The molecular formula is C15H14N2O2S. The quantitative estimate of drug-likeness (QED) is 0.647. The maximum atomic E-state index is 12.1. The van der Waals surface area contributed by atoms with Crippen molar-refractivity contribution in [3.63, 3.8) is 0 Å². The molecule has 1 atom stereocenters.